The average Bonchev–Trinajstić information content (AvgIpc) is 1.66. The Balaban J connectivity index is 3.42. The summed E-state index contributed by atoms with van der Waals surface area (Å²) in [6.45, 7) is 0.455. The molecule has 4 heteroatoms. The molecule has 8 heavy (non-hydrogen) atoms. The third kappa shape index (κ3) is 4.97. The van der Waals surface area contributed by atoms with Crippen molar-refractivity contribution in [3.63, 3.8) is 0 Å². The van der Waals surface area contributed by atoms with Gasteiger partial charge in [-0.25, -0.2) is 4.99 Å². The van der Waals surface area contributed by atoms with Gasteiger partial charge in [-0.05, 0) is 0 Å². The lowest BCUT2D eigenvalue weighted by atomic mass is 10.6. The molecule has 0 rings (SSSR count). The first kappa shape index (κ1) is 6.97. The Morgan fingerprint density at radius 1 is 1.50 bits per heavy atom. The van der Waals surface area contributed by atoms with Crippen LogP contribution < -0.4 is 17.2 Å². The van der Waals surface area contributed by atoms with Crippen LogP contribution in [-0.2, 0) is 0 Å². The molecule has 0 bridgehead atoms. The topological polar surface area (TPSA) is 90.4 Å². The molecule has 0 saturated carbocycles. The molecule has 4 nitrogen and oxygen atoms in total. The summed E-state index contributed by atoms with van der Waals surface area (Å²) in [4.78, 5) is 3.53. The van der Waals surface area contributed by atoms with Gasteiger partial charge in [0, 0.05) is 12.7 Å². The van der Waals surface area contributed by atoms with Crippen LogP contribution in [0.1, 0.15) is 0 Å². The van der Waals surface area contributed by atoms with E-state index in [2.05, 4.69) is 4.99 Å². The van der Waals surface area contributed by atoms with Gasteiger partial charge in [-0.15, -0.1) is 0 Å². The van der Waals surface area contributed by atoms with Crippen LogP contribution in [0.5, 0.6) is 0 Å². The van der Waals surface area contributed by atoms with Gasteiger partial charge in [0.25, 0.3) is 0 Å². The highest BCUT2D eigenvalue weighted by Crippen LogP contribution is 1.68. The van der Waals surface area contributed by atoms with E-state index < -0.39 is 0 Å². The van der Waals surface area contributed by atoms with Crippen LogP contribution in [-0.4, -0.2) is 12.5 Å². The molecule has 6 N–H and O–H groups in total. The number of guanidine groups is 1. The zero-order valence-electron chi connectivity index (χ0n) is 4.54. The summed E-state index contributed by atoms with van der Waals surface area (Å²) >= 11 is 0. The van der Waals surface area contributed by atoms with E-state index in [4.69, 9.17) is 17.2 Å². The second kappa shape index (κ2) is 4.14. The Kier molecular flexibility index (Phi) is 3.60. The fourth-order valence-electron chi connectivity index (χ4n) is 0.200. The molecule has 0 heterocycles. The van der Waals surface area contributed by atoms with Gasteiger partial charge in [0.2, 0.25) is 0 Å². The molecule has 0 fully saturated rings. The fraction of sp³-hybridized carbons (Fsp3) is 0.250. The molecule has 0 aromatic heterocycles. The first-order valence-electron chi connectivity index (χ1n) is 2.21. The SMILES string of the molecule is NCC=CN=C(N)N. The Hall–Kier alpha value is -1.03. The van der Waals surface area contributed by atoms with Gasteiger partial charge in [-0.1, -0.05) is 6.08 Å². The summed E-state index contributed by atoms with van der Waals surface area (Å²) in [5.41, 5.74) is 15.0. The summed E-state index contributed by atoms with van der Waals surface area (Å²) in [6.07, 6.45) is 3.12. The highest BCUT2D eigenvalue weighted by atomic mass is 15.0. The van der Waals surface area contributed by atoms with Crippen molar-refractivity contribution in [3.05, 3.63) is 12.3 Å². The quantitative estimate of drug-likeness (QED) is 0.309. The number of aliphatic imine (C=N–C) groups is 1. The van der Waals surface area contributed by atoms with Gasteiger partial charge < -0.3 is 17.2 Å². The maximum Gasteiger partial charge on any atom is 0.190 e. The number of rotatable bonds is 2. The van der Waals surface area contributed by atoms with Gasteiger partial charge in [0.15, 0.2) is 5.96 Å². The van der Waals surface area contributed by atoms with Gasteiger partial charge in [-0.3, -0.25) is 0 Å². The summed E-state index contributed by atoms with van der Waals surface area (Å²) in [5, 5.41) is 0. The molecule has 0 spiro atoms. The molecule has 0 atom stereocenters. The van der Waals surface area contributed by atoms with E-state index in [9.17, 15) is 0 Å². The second-order valence-corrected chi connectivity index (χ2v) is 1.17. The average molecular weight is 114 g/mol. The van der Waals surface area contributed by atoms with Crippen molar-refractivity contribution in [2.24, 2.45) is 22.2 Å². The van der Waals surface area contributed by atoms with E-state index in [-0.39, 0.29) is 5.96 Å². The Bertz CT molecular complexity index is 101. The number of hydrogen-bond donors (Lipinski definition) is 3. The maximum absolute atomic E-state index is 5.08. The van der Waals surface area contributed by atoms with Crippen LogP contribution >= 0.6 is 0 Å². The third-order valence-corrected chi connectivity index (χ3v) is 0.465. The third-order valence-electron chi connectivity index (χ3n) is 0.465. The predicted octanol–water partition coefficient (Wildman–Crippen LogP) is -1.27. The molecule has 0 unspecified atom stereocenters. The van der Waals surface area contributed by atoms with Crippen LogP contribution in [0, 0.1) is 0 Å². The second-order valence-electron chi connectivity index (χ2n) is 1.17. The van der Waals surface area contributed by atoms with Crippen molar-refractivity contribution in [2.45, 2.75) is 0 Å². The maximum atomic E-state index is 5.08. The molecule has 0 radical (unpaired) electrons. The normalized spacial score (nSPS) is 9.62. The van der Waals surface area contributed by atoms with Crippen molar-refractivity contribution < 1.29 is 0 Å². The summed E-state index contributed by atoms with van der Waals surface area (Å²) in [6, 6.07) is 0. The molecule has 0 aliphatic rings. The molecule has 0 saturated heterocycles. The van der Waals surface area contributed by atoms with Crippen molar-refractivity contribution in [3.8, 4) is 0 Å². The van der Waals surface area contributed by atoms with Crippen molar-refractivity contribution in [1.29, 1.82) is 0 Å². The minimum atomic E-state index is 0.0506. The van der Waals surface area contributed by atoms with E-state index >= 15 is 0 Å². The van der Waals surface area contributed by atoms with E-state index in [0.717, 1.165) is 0 Å². The zero-order valence-corrected chi connectivity index (χ0v) is 4.54. The summed E-state index contributed by atoms with van der Waals surface area (Å²) < 4.78 is 0. The lowest BCUT2D eigenvalue weighted by Crippen LogP contribution is -2.21. The monoisotopic (exact) mass is 114 g/mol. The Morgan fingerprint density at radius 2 is 2.12 bits per heavy atom. The first-order valence-corrected chi connectivity index (χ1v) is 2.21. The van der Waals surface area contributed by atoms with Crippen molar-refractivity contribution in [1.82, 2.24) is 0 Å². The van der Waals surface area contributed by atoms with Gasteiger partial charge in [0.05, 0.1) is 0 Å². The van der Waals surface area contributed by atoms with E-state index in [1.165, 1.54) is 6.20 Å². The highest BCUT2D eigenvalue weighted by Gasteiger charge is 1.68. The van der Waals surface area contributed by atoms with Gasteiger partial charge in [-0.2, -0.15) is 0 Å². The minimum absolute atomic E-state index is 0.0506. The standard InChI is InChI=1S/C4H10N4/c5-2-1-3-8-4(6)7/h1,3H,2,5H2,(H4,6,7,8). The van der Waals surface area contributed by atoms with Crippen LogP contribution in [0.25, 0.3) is 0 Å². The molecule has 46 valence electrons. The highest BCUT2D eigenvalue weighted by molar-refractivity contribution is 5.76. The fourth-order valence-corrected chi connectivity index (χ4v) is 0.200. The lowest BCUT2D eigenvalue weighted by molar-refractivity contribution is 1.24. The van der Waals surface area contributed by atoms with Crippen LogP contribution in [0.2, 0.25) is 0 Å². The van der Waals surface area contributed by atoms with E-state index in [1.807, 2.05) is 0 Å². The Labute approximate surface area is 48.1 Å². The number of nitrogens with zero attached hydrogens (tertiary/aromatic N) is 1. The predicted molar refractivity (Wildman–Crippen MR) is 34.0 cm³/mol. The minimum Gasteiger partial charge on any atom is -0.370 e. The lowest BCUT2D eigenvalue weighted by Gasteiger charge is -1.81. The zero-order chi connectivity index (χ0) is 6.41. The molecule has 0 aromatic rings. The largest absolute Gasteiger partial charge is 0.370 e. The molecule has 0 aromatic carbocycles. The summed E-state index contributed by atoms with van der Waals surface area (Å²) in [5.74, 6) is 0.0506. The summed E-state index contributed by atoms with van der Waals surface area (Å²) in [7, 11) is 0. The van der Waals surface area contributed by atoms with E-state index in [1.54, 1.807) is 6.08 Å². The molecule has 0 aliphatic carbocycles. The first-order chi connectivity index (χ1) is 3.77. The number of hydrogen-bond acceptors (Lipinski definition) is 2. The van der Waals surface area contributed by atoms with Crippen LogP contribution in [0.15, 0.2) is 17.3 Å². The molecule has 0 aliphatic heterocycles. The van der Waals surface area contributed by atoms with Gasteiger partial charge in [0.1, 0.15) is 0 Å². The van der Waals surface area contributed by atoms with Crippen molar-refractivity contribution in [2.75, 3.05) is 6.54 Å². The van der Waals surface area contributed by atoms with E-state index in [0.29, 0.717) is 6.54 Å². The van der Waals surface area contributed by atoms with Gasteiger partial charge >= 0.3 is 0 Å². The number of nitrogens with two attached hydrogens (primary N) is 3. The molecule has 0 amide bonds. The molecular formula is C4H10N4. The smallest absolute Gasteiger partial charge is 0.190 e. The van der Waals surface area contributed by atoms with Crippen LogP contribution in [0.3, 0.4) is 0 Å². The van der Waals surface area contributed by atoms with Crippen LogP contribution in [0.4, 0.5) is 0 Å². The Morgan fingerprint density at radius 3 is 2.50 bits per heavy atom. The molecular weight excluding hydrogens is 104 g/mol. The van der Waals surface area contributed by atoms with Crippen molar-refractivity contribution >= 4 is 5.96 Å².